The molecule has 8 nitrogen and oxygen atoms in total. The van der Waals surface area contributed by atoms with Crippen molar-refractivity contribution in [2.45, 2.75) is 45.3 Å². The van der Waals surface area contributed by atoms with Gasteiger partial charge in [0.2, 0.25) is 0 Å². The van der Waals surface area contributed by atoms with Gasteiger partial charge in [0.25, 0.3) is 0 Å². The van der Waals surface area contributed by atoms with Crippen molar-refractivity contribution >= 4 is 5.97 Å². The minimum absolute atomic E-state index is 0.0533. The zero-order valence-corrected chi connectivity index (χ0v) is 12.5. The average molecular weight is 295 g/mol. The molecule has 0 radical (unpaired) electrons. The number of aromatic nitrogens is 2. The zero-order valence-electron chi connectivity index (χ0n) is 12.5. The number of imidazole rings is 1. The van der Waals surface area contributed by atoms with E-state index >= 15 is 0 Å². The van der Waals surface area contributed by atoms with Gasteiger partial charge in [0.05, 0.1) is 19.0 Å². The maximum Gasteiger partial charge on any atom is 0.338 e. The van der Waals surface area contributed by atoms with Crippen LogP contribution in [0.1, 0.15) is 32.9 Å². The van der Waals surface area contributed by atoms with Gasteiger partial charge >= 0.3 is 5.97 Å². The molecule has 1 aromatic rings. The molecule has 21 heavy (non-hydrogen) atoms. The Morgan fingerprint density at radius 3 is 2.86 bits per heavy atom. The Hall–Kier alpha value is -2.05. The summed E-state index contributed by atoms with van der Waals surface area (Å²) in [6.07, 6.45) is 3.27. The van der Waals surface area contributed by atoms with Crippen LogP contribution in [0.5, 0.6) is 0 Å². The van der Waals surface area contributed by atoms with E-state index < -0.39 is 17.6 Å². The number of ether oxygens (including phenoxy) is 1. The van der Waals surface area contributed by atoms with E-state index in [1.165, 1.54) is 12.5 Å². The molecule has 0 amide bonds. The Morgan fingerprint density at radius 2 is 2.38 bits per heavy atom. The van der Waals surface area contributed by atoms with Gasteiger partial charge in [0.15, 0.2) is 5.60 Å². The number of esters is 1. The largest absolute Gasteiger partial charge is 0.464 e. The van der Waals surface area contributed by atoms with E-state index in [0.717, 1.165) is 0 Å². The number of azide groups is 1. The lowest BCUT2D eigenvalue weighted by atomic mass is 9.84. The molecule has 8 heteroatoms. The van der Waals surface area contributed by atoms with Crippen LogP contribution < -0.4 is 0 Å². The van der Waals surface area contributed by atoms with Crippen molar-refractivity contribution in [1.29, 1.82) is 0 Å². The number of rotatable bonds is 8. The molecule has 1 aromatic heterocycles. The van der Waals surface area contributed by atoms with Crippen LogP contribution in [0.4, 0.5) is 0 Å². The summed E-state index contributed by atoms with van der Waals surface area (Å²) in [7, 11) is 0. The smallest absolute Gasteiger partial charge is 0.338 e. The van der Waals surface area contributed by atoms with E-state index in [2.05, 4.69) is 20.0 Å². The molecule has 2 N–H and O–H groups in total. The summed E-state index contributed by atoms with van der Waals surface area (Å²) in [5.41, 5.74) is 7.37. The van der Waals surface area contributed by atoms with Gasteiger partial charge in [-0.1, -0.05) is 19.0 Å². The van der Waals surface area contributed by atoms with Crippen molar-refractivity contribution in [1.82, 2.24) is 9.97 Å². The fraction of sp³-hybridized carbons (Fsp3) is 0.692. The highest BCUT2D eigenvalue weighted by Crippen LogP contribution is 2.26. The minimum Gasteiger partial charge on any atom is -0.464 e. The molecule has 0 fully saturated rings. The van der Waals surface area contributed by atoms with E-state index in [1.807, 2.05) is 13.8 Å². The standard InChI is InChI=1S/C13H21N5O3/c1-4-21-12(19)13(20,6-10-7-15-8-16-10)11(17-18-14)5-9(2)3/h7-9,11,20H,4-6H2,1-3H3,(H,15,16)/t11-,13+/m0/s1. The second-order valence-corrected chi connectivity index (χ2v) is 5.25. The molecule has 0 aromatic carbocycles. The Kier molecular flexibility index (Phi) is 6.20. The van der Waals surface area contributed by atoms with Crippen LogP contribution in [0.2, 0.25) is 0 Å². The summed E-state index contributed by atoms with van der Waals surface area (Å²) < 4.78 is 4.96. The quantitative estimate of drug-likeness (QED) is 0.329. The first-order valence-electron chi connectivity index (χ1n) is 6.85. The molecular weight excluding hydrogens is 274 g/mol. The molecule has 0 aliphatic carbocycles. The Morgan fingerprint density at radius 1 is 1.67 bits per heavy atom. The van der Waals surface area contributed by atoms with Crippen molar-refractivity contribution in [3.63, 3.8) is 0 Å². The van der Waals surface area contributed by atoms with Crippen LogP contribution >= 0.6 is 0 Å². The fourth-order valence-electron chi connectivity index (χ4n) is 2.10. The lowest BCUT2D eigenvalue weighted by molar-refractivity contribution is -0.167. The van der Waals surface area contributed by atoms with Crippen LogP contribution in [0, 0.1) is 5.92 Å². The summed E-state index contributed by atoms with van der Waals surface area (Å²) >= 11 is 0. The van der Waals surface area contributed by atoms with Gasteiger partial charge in [0.1, 0.15) is 0 Å². The predicted molar refractivity (Wildman–Crippen MR) is 76.3 cm³/mol. The monoisotopic (exact) mass is 295 g/mol. The number of aliphatic hydroxyl groups is 1. The molecule has 0 saturated heterocycles. The molecule has 2 atom stereocenters. The Bertz CT molecular complexity index is 496. The first kappa shape index (κ1) is 17.0. The molecule has 116 valence electrons. The van der Waals surface area contributed by atoms with Crippen LogP contribution in [0.3, 0.4) is 0 Å². The normalized spacial score (nSPS) is 15.1. The maximum absolute atomic E-state index is 12.2. The SMILES string of the molecule is CCOC(=O)[C@@](O)(Cc1cnc[nH]1)[C@H](CC(C)C)N=[N+]=[N-]. The first-order valence-corrected chi connectivity index (χ1v) is 6.85. The van der Waals surface area contributed by atoms with Crippen LogP contribution in [0.25, 0.3) is 10.4 Å². The zero-order chi connectivity index (χ0) is 15.9. The number of hydrogen-bond acceptors (Lipinski definition) is 5. The number of aromatic amines is 1. The van der Waals surface area contributed by atoms with Crippen molar-refractivity contribution in [2.75, 3.05) is 6.61 Å². The first-order chi connectivity index (χ1) is 9.93. The molecule has 0 saturated carbocycles. The molecule has 1 heterocycles. The topological polar surface area (TPSA) is 124 Å². The highest BCUT2D eigenvalue weighted by molar-refractivity contribution is 5.80. The molecular formula is C13H21N5O3. The van der Waals surface area contributed by atoms with Gasteiger partial charge in [-0.25, -0.2) is 9.78 Å². The number of nitrogens with zero attached hydrogens (tertiary/aromatic N) is 4. The van der Waals surface area contributed by atoms with Crippen molar-refractivity contribution in [3.8, 4) is 0 Å². The lowest BCUT2D eigenvalue weighted by Gasteiger charge is -2.31. The highest BCUT2D eigenvalue weighted by Gasteiger charge is 2.45. The van der Waals surface area contributed by atoms with Gasteiger partial charge < -0.3 is 14.8 Å². The Balaban J connectivity index is 3.13. The number of carbonyl (C=O) groups excluding carboxylic acids is 1. The van der Waals surface area contributed by atoms with E-state index in [-0.39, 0.29) is 18.9 Å². The van der Waals surface area contributed by atoms with E-state index in [9.17, 15) is 9.90 Å². The van der Waals surface area contributed by atoms with Gasteiger partial charge in [-0.2, -0.15) is 0 Å². The summed E-state index contributed by atoms with van der Waals surface area (Å²) in [6, 6.07) is -0.912. The summed E-state index contributed by atoms with van der Waals surface area (Å²) in [5, 5.41) is 14.5. The van der Waals surface area contributed by atoms with Gasteiger partial charge in [-0.15, -0.1) is 0 Å². The summed E-state index contributed by atoms with van der Waals surface area (Å²) in [5.74, 6) is -0.652. The third-order valence-corrected chi connectivity index (χ3v) is 3.08. The summed E-state index contributed by atoms with van der Waals surface area (Å²) in [6.45, 7) is 5.62. The lowest BCUT2D eigenvalue weighted by Crippen LogP contribution is -2.52. The molecule has 0 bridgehead atoms. The van der Waals surface area contributed by atoms with E-state index in [4.69, 9.17) is 10.3 Å². The molecule has 0 spiro atoms. The average Bonchev–Trinajstić information content (AvgIpc) is 2.90. The number of H-pyrrole nitrogens is 1. The second kappa shape index (κ2) is 7.66. The summed E-state index contributed by atoms with van der Waals surface area (Å²) in [4.78, 5) is 21.6. The highest BCUT2D eigenvalue weighted by atomic mass is 16.5. The van der Waals surface area contributed by atoms with Crippen LogP contribution in [-0.2, 0) is 16.0 Å². The molecule has 0 unspecified atom stereocenters. The van der Waals surface area contributed by atoms with Crippen molar-refractivity contribution in [2.24, 2.45) is 11.0 Å². The fourth-order valence-corrected chi connectivity index (χ4v) is 2.10. The van der Waals surface area contributed by atoms with E-state index in [1.54, 1.807) is 6.92 Å². The molecule has 1 rings (SSSR count). The molecule has 0 aliphatic rings. The predicted octanol–water partition coefficient (Wildman–Crippen LogP) is 1.97. The van der Waals surface area contributed by atoms with Gasteiger partial charge in [-0.3, -0.25) is 0 Å². The van der Waals surface area contributed by atoms with E-state index in [0.29, 0.717) is 12.1 Å². The van der Waals surface area contributed by atoms with Crippen LogP contribution in [-0.4, -0.2) is 39.3 Å². The maximum atomic E-state index is 12.2. The number of nitrogens with one attached hydrogen (secondary N) is 1. The molecule has 0 aliphatic heterocycles. The third-order valence-electron chi connectivity index (χ3n) is 3.08. The van der Waals surface area contributed by atoms with Crippen LogP contribution in [0.15, 0.2) is 17.6 Å². The number of carbonyl (C=O) groups is 1. The van der Waals surface area contributed by atoms with Crippen molar-refractivity contribution < 1.29 is 14.6 Å². The second-order valence-electron chi connectivity index (χ2n) is 5.25. The third kappa shape index (κ3) is 4.47. The van der Waals surface area contributed by atoms with Gasteiger partial charge in [0, 0.05) is 23.2 Å². The number of hydrogen-bond donors (Lipinski definition) is 2. The van der Waals surface area contributed by atoms with Gasteiger partial charge in [-0.05, 0) is 24.8 Å². The minimum atomic E-state index is -1.92. The Labute approximate surface area is 123 Å². The van der Waals surface area contributed by atoms with Crippen molar-refractivity contribution in [3.05, 3.63) is 28.7 Å².